The van der Waals surface area contributed by atoms with Crippen molar-refractivity contribution in [3.63, 3.8) is 0 Å². The number of rotatable bonds is 5. The van der Waals surface area contributed by atoms with Gasteiger partial charge in [0, 0.05) is 18.3 Å². The normalized spacial score (nSPS) is 18.8. The summed E-state index contributed by atoms with van der Waals surface area (Å²) in [7, 11) is 0.720. The first-order valence-electron chi connectivity index (χ1n) is 9.62. The summed E-state index contributed by atoms with van der Waals surface area (Å²) in [5.41, 5.74) is -0.236. The zero-order valence-corrected chi connectivity index (χ0v) is 18.5. The Bertz CT molecular complexity index is 744. The van der Waals surface area contributed by atoms with E-state index in [1.807, 2.05) is 27.7 Å². The number of aromatic nitrogens is 1. The van der Waals surface area contributed by atoms with Gasteiger partial charge >= 0.3 is 19.2 Å². The highest BCUT2D eigenvalue weighted by molar-refractivity contribution is 6.62. The number of carbonyl (C=O) groups excluding carboxylic acids is 2. The minimum absolute atomic E-state index is 0.138. The third-order valence-electron chi connectivity index (χ3n) is 4.96. The molecule has 2 heterocycles. The molecule has 1 aromatic rings. The van der Waals surface area contributed by atoms with Gasteiger partial charge in [0.25, 0.3) is 0 Å². The van der Waals surface area contributed by atoms with Crippen molar-refractivity contribution in [3.05, 3.63) is 24.0 Å². The van der Waals surface area contributed by atoms with Gasteiger partial charge in [0.2, 0.25) is 0 Å². The van der Waals surface area contributed by atoms with Crippen molar-refractivity contribution >= 4 is 24.6 Å². The van der Waals surface area contributed by atoms with Crippen LogP contribution in [0, 0.1) is 0 Å². The summed E-state index contributed by atoms with van der Waals surface area (Å²) >= 11 is 0. The third-order valence-corrected chi connectivity index (χ3v) is 4.96. The first-order valence-corrected chi connectivity index (χ1v) is 9.62. The van der Waals surface area contributed by atoms with E-state index in [1.165, 1.54) is 7.11 Å². The third kappa shape index (κ3) is 5.93. The van der Waals surface area contributed by atoms with Gasteiger partial charge in [-0.25, -0.2) is 9.59 Å². The predicted molar refractivity (Wildman–Crippen MR) is 109 cm³/mol. The van der Waals surface area contributed by atoms with Gasteiger partial charge in [-0.3, -0.25) is 4.98 Å². The summed E-state index contributed by atoms with van der Waals surface area (Å²) in [6, 6.07) is 2.67. The van der Waals surface area contributed by atoms with Crippen LogP contribution in [0.25, 0.3) is 0 Å². The number of amides is 1. The van der Waals surface area contributed by atoms with Crippen molar-refractivity contribution in [1.29, 1.82) is 0 Å². The van der Waals surface area contributed by atoms with E-state index in [1.54, 1.807) is 39.1 Å². The molecule has 1 aliphatic heterocycles. The van der Waals surface area contributed by atoms with E-state index in [9.17, 15) is 9.59 Å². The number of alkyl carbamates (subject to hydrolysis) is 1. The molecule has 1 saturated heterocycles. The summed E-state index contributed by atoms with van der Waals surface area (Å²) in [5.74, 6) is -0.585. The maximum absolute atomic E-state index is 12.2. The molecule has 0 aliphatic carbocycles. The first-order chi connectivity index (χ1) is 13.2. The van der Waals surface area contributed by atoms with Gasteiger partial charge in [-0.1, -0.05) is 0 Å². The van der Waals surface area contributed by atoms with Gasteiger partial charge in [-0.2, -0.15) is 0 Å². The van der Waals surface area contributed by atoms with Gasteiger partial charge in [-0.05, 0) is 66.1 Å². The molecule has 0 aromatic carbocycles. The van der Waals surface area contributed by atoms with Crippen molar-refractivity contribution < 1.29 is 28.4 Å². The molecule has 1 N–H and O–H groups in total. The number of carbonyl (C=O) groups is 2. The largest absolute Gasteiger partial charge is 0.494 e. The van der Waals surface area contributed by atoms with E-state index in [0.29, 0.717) is 5.69 Å². The molecule has 29 heavy (non-hydrogen) atoms. The van der Waals surface area contributed by atoms with Crippen LogP contribution in [0.5, 0.6) is 0 Å². The lowest BCUT2D eigenvalue weighted by Crippen LogP contribution is -2.45. The maximum atomic E-state index is 12.2. The number of hydrogen-bond donors (Lipinski definition) is 1. The topological polar surface area (TPSA) is 96.0 Å². The lowest BCUT2D eigenvalue weighted by atomic mass is 9.79. The lowest BCUT2D eigenvalue weighted by molar-refractivity contribution is -0.143. The molecule has 2 rings (SSSR count). The number of nitrogens with zero attached hydrogens (tertiary/aromatic N) is 1. The number of hydrogen-bond acceptors (Lipinski definition) is 7. The Morgan fingerprint density at radius 2 is 1.79 bits per heavy atom. The van der Waals surface area contributed by atoms with E-state index in [-0.39, 0.29) is 6.42 Å². The van der Waals surface area contributed by atoms with E-state index < -0.39 is 42.0 Å². The predicted octanol–water partition coefficient (Wildman–Crippen LogP) is 1.99. The molecule has 0 saturated carbocycles. The van der Waals surface area contributed by atoms with Gasteiger partial charge in [-0.15, -0.1) is 0 Å². The van der Waals surface area contributed by atoms with Gasteiger partial charge < -0.3 is 24.1 Å². The second-order valence-electron chi connectivity index (χ2n) is 9.09. The van der Waals surface area contributed by atoms with Crippen LogP contribution in [0.15, 0.2) is 18.3 Å². The van der Waals surface area contributed by atoms with E-state index in [2.05, 4.69) is 10.3 Å². The molecule has 0 spiro atoms. The van der Waals surface area contributed by atoms with Crippen LogP contribution in [0.2, 0.25) is 0 Å². The van der Waals surface area contributed by atoms with Crippen molar-refractivity contribution in [3.8, 4) is 0 Å². The summed E-state index contributed by atoms with van der Waals surface area (Å²) in [4.78, 5) is 28.6. The van der Waals surface area contributed by atoms with Crippen LogP contribution in [-0.4, -0.2) is 54.1 Å². The maximum Gasteiger partial charge on any atom is 0.494 e. The molecule has 0 unspecified atom stereocenters. The van der Waals surface area contributed by atoms with Crippen LogP contribution in [-0.2, 0) is 30.0 Å². The van der Waals surface area contributed by atoms with E-state index >= 15 is 0 Å². The molecule has 1 aromatic heterocycles. The molecule has 1 fully saturated rings. The molecule has 1 aliphatic rings. The first kappa shape index (κ1) is 23.2. The van der Waals surface area contributed by atoms with Gasteiger partial charge in [0.15, 0.2) is 0 Å². The average Bonchev–Trinajstić information content (AvgIpc) is 2.80. The molecular weight excluding hydrogens is 375 g/mol. The van der Waals surface area contributed by atoms with Gasteiger partial charge in [0.1, 0.15) is 11.6 Å². The smallest absolute Gasteiger partial charge is 0.467 e. The number of methoxy groups -OCH3 is 1. The molecular formula is C20H31BN2O6. The van der Waals surface area contributed by atoms with Crippen LogP contribution in [0.4, 0.5) is 4.79 Å². The zero-order valence-electron chi connectivity index (χ0n) is 18.5. The minimum atomic E-state index is -0.934. The molecule has 0 bridgehead atoms. The van der Waals surface area contributed by atoms with Crippen molar-refractivity contribution in [2.75, 3.05) is 7.11 Å². The van der Waals surface area contributed by atoms with Crippen molar-refractivity contribution in [2.45, 2.75) is 77.7 Å². The summed E-state index contributed by atoms with van der Waals surface area (Å²) < 4.78 is 22.2. The Kier molecular flexibility index (Phi) is 6.64. The molecule has 160 valence electrons. The Labute approximate surface area is 172 Å². The van der Waals surface area contributed by atoms with E-state index in [4.69, 9.17) is 18.8 Å². The lowest BCUT2D eigenvalue weighted by Gasteiger charge is -2.32. The molecule has 8 nitrogen and oxygen atoms in total. The monoisotopic (exact) mass is 406 g/mol. The second-order valence-corrected chi connectivity index (χ2v) is 9.09. The Balaban J connectivity index is 2.15. The van der Waals surface area contributed by atoms with Crippen LogP contribution in [0.3, 0.4) is 0 Å². The van der Waals surface area contributed by atoms with Crippen LogP contribution < -0.4 is 10.8 Å². The fourth-order valence-corrected chi connectivity index (χ4v) is 2.73. The van der Waals surface area contributed by atoms with Crippen LogP contribution in [0.1, 0.15) is 54.2 Å². The number of pyridine rings is 1. The molecule has 1 amide bonds. The van der Waals surface area contributed by atoms with Crippen molar-refractivity contribution in [1.82, 2.24) is 10.3 Å². The Hall–Kier alpha value is -2.13. The average molecular weight is 406 g/mol. The fourth-order valence-electron chi connectivity index (χ4n) is 2.73. The number of ether oxygens (including phenoxy) is 2. The van der Waals surface area contributed by atoms with Crippen LogP contribution >= 0.6 is 0 Å². The highest BCUT2D eigenvalue weighted by atomic mass is 16.7. The fraction of sp³-hybridized carbons (Fsp3) is 0.650. The van der Waals surface area contributed by atoms with Gasteiger partial charge in [0.05, 0.1) is 18.3 Å². The quantitative estimate of drug-likeness (QED) is 0.590. The van der Waals surface area contributed by atoms with E-state index in [0.717, 1.165) is 5.46 Å². The standard InChI is InChI=1S/C20H31BN2O6/c1-18(2,3)27-17(25)23-15(16(24)26-8)12-14-11-13(9-10-22-14)21-28-19(4,5)20(6,7)29-21/h9-11,15H,12H2,1-8H3,(H,23,25)/t15-/m0/s1. The molecule has 9 heteroatoms. The summed E-state index contributed by atoms with van der Waals surface area (Å²) in [6.07, 6.45) is 1.06. The summed E-state index contributed by atoms with van der Waals surface area (Å²) in [6.45, 7) is 13.2. The highest BCUT2D eigenvalue weighted by Gasteiger charge is 2.51. The SMILES string of the molecule is COC(=O)[C@H](Cc1cc(B2OC(C)(C)C(C)(C)O2)ccn1)NC(=O)OC(C)(C)C. The molecule has 1 atom stereocenters. The second kappa shape index (κ2) is 8.32. The Morgan fingerprint density at radius 1 is 1.21 bits per heavy atom. The Morgan fingerprint density at radius 3 is 2.31 bits per heavy atom. The van der Waals surface area contributed by atoms with Crippen molar-refractivity contribution in [2.24, 2.45) is 0 Å². The summed E-state index contributed by atoms with van der Waals surface area (Å²) in [5, 5.41) is 2.55. The highest BCUT2D eigenvalue weighted by Crippen LogP contribution is 2.36. The number of nitrogens with one attached hydrogen (secondary N) is 1. The number of esters is 1. The minimum Gasteiger partial charge on any atom is -0.467 e. The zero-order chi connectivity index (χ0) is 22.0. The molecule has 0 radical (unpaired) electrons.